The van der Waals surface area contributed by atoms with Crippen LogP contribution in [0, 0.1) is 21.3 Å². The molecule has 0 bridgehead atoms. The fourth-order valence-corrected chi connectivity index (χ4v) is 2.46. The summed E-state index contributed by atoms with van der Waals surface area (Å²) in [5.74, 6) is -1.43. The first-order valence-electron chi connectivity index (χ1n) is 6.84. The van der Waals surface area contributed by atoms with Gasteiger partial charge in [0.2, 0.25) is 0 Å². The summed E-state index contributed by atoms with van der Waals surface area (Å²) >= 11 is 0. The maximum Gasteiger partial charge on any atom is 0.272 e. The van der Waals surface area contributed by atoms with Crippen molar-refractivity contribution in [1.82, 2.24) is 10.6 Å². The summed E-state index contributed by atoms with van der Waals surface area (Å²) < 4.78 is 13.7. The number of carbonyl (C=O) groups is 1. The summed E-state index contributed by atoms with van der Waals surface area (Å²) in [5.41, 5.74) is -0.592. The molecule has 8 heteroatoms. The standard InChI is InChI=1S/C14H18FN3O3.ClH/c1-14(5-2-6-16-8-14)9-17-13(19)11-4-3-10(18(20)21)7-12(11)15;/h3-4,7,16H,2,5-6,8-9H2,1H3,(H,17,19);1H. The zero-order valence-corrected chi connectivity index (χ0v) is 13.0. The highest BCUT2D eigenvalue weighted by Crippen LogP contribution is 2.24. The SMILES string of the molecule is CC1(CNC(=O)c2ccc([N+](=O)[O-])cc2F)CCCNC1.Cl. The van der Waals surface area contributed by atoms with Crippen LogP contribution in [-0.2, 0) is 0 Å². The van der Waals surface area contributed by atoms with Gasteiger partial charge in [-0.15, -0.1) is 12.4 Å². The molecule has 0 spiro atoms. The van der Waals surface area contributed by atoms with Gasteiger partial charge >= 0.3 is 0 Å². The van der Waals surface area contributed by atoms with Gasteiger partial charge in [-0.3, -0.25) is 14.9 Å². The number of nitro groups is 1. The Morgan fingerprint density at radius 1 is 1.55 bits per heavy atom. The number of nitrogens with one attached hydrogen (secondary N) is 2. The minimum Gasteiger partial charge on any atom is -0.351 e. The van der Waals surface area contributed by atoms with E-state index >= 15 is 0 Å². The van der Waals surface area contributed by atoms with Crippen molar-refractivity contribution in [2.75, 3.05) is 19.6 Å². The number of halogens is 2. The fraction of sp³-hybridized carbons (Fsp3) is 0.500. The van der Waals surface area contributed by atoms with E-state index in [-0.39, 0.29) is 29.1 Å². The number of nitrogens with zero attached hydrogens (tertiary/aromatic N) is 1. The maximum absolute atomic E-state index is 13.7. The van der Waals surface area contributed by atoms with Crippen molar-refractivity contribution in [3.05, 3.63) is 39.7 Å². The topological polar surface area (TPSA) is 84.3 Å². The fourth-order valence-electron chi connectivity index (χ4n) is 2.46. The van der Waals surface area contributed by atoms with Crippen LogP contribution in [0.2, 0.25) is 0 Å². The van der Waals surface area contributed by atoms with E-state index in [4.69, 9.17) is 0 Å². The third-order valence-corrected chi connectivity index (χ3v) is 3.77. The van der Waals surface area contributed by atoms with E-state index in [0.29, 0.717) is 6.54 Å². The normalized spacial score (nSPS) is 20.8. The number of nitro benzene ring substituents is 1. The Morgan fingerprint density at radius 3 is 2.82 bits per heavy atom. The van der Waals surface area contributed by atoms with Crippen LogP contribution >= 0.6 is 12.4 Å². The second-order valence-corrected chi connectivity index (χ2v) is 5.69. The van der Waals surface area contributed by atoms with Gasteiger partial charge in [0.25, 0.3) is 11.6 Å². The van der Waals surface area contributed by atoms with Crippen molar-refractivity contribution < 1.29 is 14.1 Å². The van der Waals surface area contributed by atoms with Crippen LogP contribution < -0.4 is 10.6 Å². The lowest BCUT2D eigenvalue weighted by Crippen LogP contribution is -2.45. The molecule has 1 saturated heterocycles. The second-order valence-electron chi connectivity index (χ2n) is 5.69. The average Bonchev–Trinajstić information content (AvgIpc) is 2.45. The molecule has 1 heterocycles. The van der Waals surface area contributed by atoms with Gasteiger partial charge < -0.3 is 10.6 Å². The lowest BCUT2D eigenvalue weighted by molar-refractivity contribution is -0.385. The van der Waals surface area contributed by atoms with Gasteiger partial charge in [-0.2, -0.15) is 0 Å². The van der Waals surface area contributed by atoms with Crippen LogP contribution in [0.25, 0.3) is 0 Å². The highest BCUT2D eigenvalue weighted by Gasteiger charge is 2.27. The Balaban J connectivity index is 0.00000242. The van der Waals surface area contributed by atoms with Gasteiger partial charge in [0, 0.05) is 19.2 Å². The number of benzene rings is 1. The molecular weight excluding hydrogens is 313 g/mol. The Hall–Kier alpha value is -1.73. The molecule has 0 radical (unpaired) electrons. The molecule has 2 N–H and O–H groups in total. The molecule has 6 nitrogen and oxygen atoms in total. The molecule has 1 aliphatic rings. The molecule has 1 atom stereocenters. The van der Waals surface area contributed by atoms with Crippen molar-refractivity contribution in [2.24, 2.45) is 5.41 Å². The first kappa shape index (κ1) is 18.3. The zero-order chi connectivity index (χ0) is 15.5. The van der Waals surface area contributed by atoms with E-state index < -0.39 is 16.6 Å². The minimum absolute atomic E-state index is 0. The van der Waals surface area contributed by atoms with Crippen LogP contribution in [0.3, 0.4) is 0 Å². The Kier molecular flexibility index (Phi) is 6.25. The van der Waals surface area contributed by atoms with Gasteiger partial charge in [0.15, 0.2) is 0 Å². The highest BCUT2D eigenvalue weighted by molar-refractivity contribution is 5.94. The molecule has 1 amide bonds. The van der Waals surface area contributed by atoms with Crippen molar-refractivity contribution in [2.45, 2.75) is 19.8 Å². The lowest BCUT2D eigenvalue weighted by atomic mass is 9.83. The summed E-state index contributed by atoms with van der Waals surface area (Å²) in [6, 6.07) is 3.03. The number of non-ortho nitro benzene ring substituents is 1. The van der Waals surface area contributed by atoms with Crippen LogP contribution in [-0.4, -0.2) is 30.5 Å². The Labute approximate surface area is 134 Å². The number of amides is 1. The second kappa shape index (κ2) is 7.51. The zero-order valence-electron chi connectivity index (χ0n) is 12.2. The molecule has 1 aromatic carbocycles. The van der Waals surface area contributed by atoms with Crippen LogP contribution in [0.5, 0.6) is 0 Å². The molecule has 1 aromatic rings. The number of hydrogen-bond donors (Lipinski definition) is 2. The molecule has 1 aliphatic heterocycles. The average molecular weight is 332 g/mol. The van der Waals surface area contributed by atoms with Crippen LogP contribution in [0.4, 0.5) is 10.1 Å². The minimum atomic E-state index is -0.881. The van der Waals surface area contributed by atoms with E-state index in [1.165, 1.54) is 0 Å². The van der Waals surface area contributed by atoms with Crippen LogP contribution in [0.1, 0.15) is 30.1 Å². The lowest BCUT2D eigenvalue weighted by Gasteiger charge is -2.34. The first-order chi connectivity index (χ1) is 9.91. The van der Waals surface area contributed by atoms with E-state index in [2.05, 4.69) is 17.6 Å². The summed E-state index contributed by atoms with van der Waals surface area (Å²) in [7, 11) is 0. The highest BCUT2D eigenvalue weighted by atomic mass is 35.5. The van der Waals surface area contributed by atoms with Gasteiger partial charge in [0.05, 0.1) is 16.6 Å². The smallest absolute Gasteiger partial charge is 0.272 e. The molecule has 22 heavy (non-hydrogen) atoms. The number of piperidine rings is 1. The third kappa shape index (κ3) is 4.38. The number of hydrogen-bond acceptors (Lipinski definition) is 4. The predicted octanol–water partition coefficient (Wildman–Crippen LogP) is 2.28. The van der Waals surface area contributed by atoms with Crippen molar-refractivity contribution in [3.8, 4) is 0 Å². The molecule has 122 valence electrons. The van der Waals surface area contributed by atoms with Gasteiger partial charge in [-0.25, -0.2) is 4.39 Å². The quantitative estimate of drug-likeness (QED) is 0.655. The summed E-state index contributed by atoms with van der Waals surface area (Å²) in [5, 5.41) is 16.5. The van der Waals surface area contributed by atoms with Crippen molar-refractivity contribution in [3.63, 3.8) is 0 Å². The molecule has 1 fully saturated rings. The molecule has 0 aliphatic carbocycles. The van der Waals surface area contributed by atoms with Crippen molar-refractivity contribution >= 4 is 24.0 Å². The van der Waals surface area contributed by atoms with Crippen LogP contribution in [0.15, 0.2) is 18.2 Å². The number of carbonyl (C=O) groups excluding carboxylic acids is 1. The molecular formula is C14H19ClFN3O3. The van der Waals surface area contributed by atoms with E-state index in [1.807, 2.05) is 0 Å². The van der Waals surface area contributed by atoms with E-state index in [9.17, 15) is 19.3 Å². The van der Waals surface area contributed by atoms with Gasteiger partial charge in [-0.05, 0) is 30.9 Å². The molecule has 0 aromatic heterocycles. The van der Waals surface area contributed by atoms with Crippen molar-refractivity contribution in [1.29, 1.82) is 0 Å². The first-order valence-corrected chi connectivity index (χ1v) is 6.84. The Bertz CT molecular complexity index is 562. The Morgan fingerprint density at radius 2 is 2.27 bits per heavy atom. The predicted molar refractivity (Wildman–Crippen MR) is 82.8 cm³/mol. The third-order valence-electron chi connectivity index (χ3n) is 3.77. The van der Waals surface area contributed by atoms with E-state index in [1.54, 1.807) is 0 Å². The molecule has 2 rings (SSSR count). The van der Waals surface area contributed by atoms with Gasteiger partial charge in [0.1, 0.15) is 5.82 Å². The summed E-state index contributed by atoms with van der Waals surface area (Å²) in [6.07, 6.45) is 2.03. The summed E-state index contributed by atoms with van der Waals surface area (Å²) in [6.45, 7) is 4.28. The van der Waals surface area contributed by atoms with Gasteiger partial charge in [-0.1, -0.05) is 6.92 Å². The molecule has 1 unspecified atom stereocenters. The largest absolute Gasteiger partial charge is 0.351 e. The van der Waals surface area contributed by atoms with E-state index in [0.717, 1.165) is 44.1 Å². The monoisotopic (exact) mass is 331 g/mol. The maximum atomic E-state index is 13.7. The summed E-state index contributed by atoms with van der Waals surface area (Å²) in [4.78, 5) is 21.8. The number of rotatable bonds is 4. The molecule has 0 saturated carbocycles.